The maximum absolute atomic E-state index is 13.0. The van der Waals surface area contributed by atoms with E-state index in [4.69, 9.17) is 9.47 Å². The zero-order chi connectivity index (χ0) is 22.8. The average Bonchev–Trinajstić information content (AvgIpc) is 3.44. The largest absolute Gasteiger partial charge is 0.469 e. The van der Waals surface area contributed by atoms with E-state index in [0.29, 0.717) is 53.9 Å². The smallest absolute Gasteiger partial charge is 0.339 e. The fourth-order valence-electron chi connectivity index (χ4n) is 3.98. The second-order valence-electron chi connectivity index (χ2n) is 7.69. The van der Waals surface area contributed by atoms with Crippen LogP contribution < -0.4 is 0 Å². The molecule has 4 heterocycles. The third kappa shape index (κ3) is 4.22. The number of methoxy groups -OCH3 is 1. The number of aryl methyl sites for hydroxylation is 2. The van der Waals surface area contributed by atoms with Crippen molar-refractivity contribution < 1.29 is 23.9 Å². The van der Waals surface area contributed by atoms with Crippen molar-refractivity contribution in [2.75, 3.05) is 26.8 Å². The van der Waals surface area contributed by atoms with E-state index >= 15 is 0 Å². The molecular formula is C22H24N4O5S. The number of pyridine rings is 1. The molecule has 0 atom stereocenters. The van der Waals surface area contributed by atoms with E-state index in [0.717, 1.165) is 4.88 Å². The van der Waals surface area contributed by atoms with Crippen LogP contribution in [0, 0.1) is 12.8 Å². The van der Waals surface area contributed by atoms with Gasteiger partial charge in [-0.3, -0.25) is 14.3 Å². The van der Waals surface area contributed by atoms with Crippen molar-refractivity contribution in [2.24, 2.45) is 13.0 Å². The number of likely N-dealkylation sites (tertiary alicyclic amines) is 1. The molecule has 0 bridgehead atoms. The lowest BCUT2D eigenvalue weighted by molar-refractivity contribution is -0.149. The van der Waals surface area contributed by atoms with Crippen molar-refractivity contribution in [3.8, 4) is 10.6 Å². The Morgan fingerprint density at radius 1 is 1.25 bits per heavy atom. The molecule has 3 aromatic rings. The Morgan fingerprint density at radius 2 is 2.00 bits per heavy atom. The molecule has 0 radical (unpaired) electrons. The van der Waals surface area contributed by atoms with Crippen molar-refractivity contribution in [2.45, 2.75) is 19.8 Å². The highest BCUT2D eigenvalue weighted by Crippen LogP contribution is 2.29. The van der Waals surface area contributed by atoms with Gasteiger partial charge >= 0.3 is 11.9 Å². The van der Waals surface area contributed by atoms with Crippen LogP contribution in [0.15, 0.2) is 23.6 Å². The molecule has 168 valence electrons. The van der Waals surface area contributed by atoms with Gasteiger partial charge in [0.1, 0.15) is 0 Å². The van der Waals surface area contributed by atoms with Gasteiger partial charge in [0.25, 0.3) is 5.91 Å². The van der Waals surface area contributed by atoms with Crippen molar-refractivity contribution in [3.05, 3.63) is 34.8 Å². The van der Waals surface area contributed by atoms with Crippen molar-refractivity contribution in [3.63, 3.8) is 0 Å². The standard InChI is InChI=1S/C22H24N4O5S/c1-13-19-15(11-16(17-5-4-10-32-17)23-20(19)25(2)24-13)22(29)31-12-18(27)26-8-6-14(7-9-26)21(28)30-3/h4-5,10-11,14H,6-9,12H2,1-3H3. The topological polar surface area (TPSA) is 104 Å². The van der Waals surface area contributed by atoms with Gasteiger partial charge in [0.05, 0.1) is 40.2 Å². The minimum atomic E-state index is -0.593. The first-order valence-corrected chi connectivity index (χ1v) is 11.2. The van der Waals surface area contributed by atoms with Crippen LogP contribution in [-0.4, -0.2) is 64.3 Å². The lowest BCUT2D eigenvalue weighted by atomic mass is 9.97. The summed E-state index contributed by atoms with van der Waals surface area (Å²) >= 11 is 1.52. The summed E-state index contributed by atoms with van der Waals surface area (Å²) in [6.45, 7) is 2.31. The molecule has 3 aromatic heterocycles. The normalized spacial score (nSPS) is 14.5. The predicted octanol–water partition coefficient (Wildman–Crippen LogP) is 2.57. The van der Waals surface area contributed by atoms with Crippen molar-refractivity contribution in [1.82, 2.24) is 19.7 Å². The number of esters is 2. The van der Waals surface area contributed by atoms with E-state index in [2.05, 4.69) is 10.1 Å². The fraction of sp³-hybridized carbons (Fsp3) is 0.409. The third-order valence-electron chi connectivity index (χ3n) is 5.67. The molecule has 1 aliphatic heterocycles. The Hall–Kier alpha value is -3.27. The maximum Gasteiger partial charge on any atom is 0.339 e. The number of carbonyl (C=O) groups excluding carboxylic acids is 3. The number of carbonyl (C=O) groups is 3. The zero-order valence-electron chi connectivity index (χ0n) is 18.2. The molecule has 0 spiro atoms. The molecule has 1 amide bonds. The maximum atomic E-state index is 13.0. The first-order chi connectivity index (χ1) is 15.4. The highest BCUT2D eigenvalue weighted by atomic mass is 32.1. The number of amides is 1. The Morgan fingerprint density at radius 3 is 2.66 bits per heavy atom. The van der Waals surface area contributed by atoms with Gasteiger partial charge in [-0.1, -0.05) is 6.07 Å². The average molecular weight is 457 g/mol. The zero-order valence-corrected chi connectivity index (χ0v) is 19.0. The van der Waals surface area contributed by atoms with Crippen LogP contribution in [0.25, 0.3) is 21.6 Å². The summed E-state index contributed by atoms with van der Waals surface area (Å²) in [6.07, 6.45) is 1.08. The van der Waals surface area contributed by atoms with Crippen molar-refractivity contribution in [1.29, 1.82) is 0 Å². The van der Waals surface area contributed by atoms with Crippen LogP contribution in [-0.2, 0) is 26.1 Å². The van der Waals surface area contributed by atoms with E-state index in [1.807, 2.05) is 24.4 Å². The van der Waals surface area contributed by atoms with Gasteiger partial charge in [0, 0.05) is 20.1 Å². The molecule has 1 saturated heterocycles. The first-order valence-electron chi connectivity index (χ1n) is 10.3. The second kappa shape index (κ2) is 9.07. The van der Waals surface area contributed by atoms with Gasteiger partial charge in [-0.05, 0) is 37.3 Å². The van der Waals surface area contributed by atoms with Crippen LogP contribution in [0.3, 0.4) is 0 Å². The second-order valence-corrected chi connectivity index (χ2v) is 8.64. The highest BCUT2D eigenvalue weighted by Gasteiger charge is 2.29. The predicted molar refractivity (Wildman–Crippen MR) is 118 cm³/mol. The Kier molecular flexibility index (Phi) is 6.22. The molecule has 0 saturated carbocycles. The first kappa shape index (κ1) is 21.9. The monoisotopic (exact) mass is 456 g/mol. The summed E-state index contributed by atoms with van der Waals surface area (Å²) in [4.78, 5) is 44.4. The summed E-state index contributed by atoms with van der Waals surface area (Å²) in [7, 11) is 3.14. The summed E-state index contributed by atoms with van der Waals surface area (Å²) in [5.74, 6) is -1.32. The van der Waals surface area contributed by atoms with E-state index in [1.54, 1.807) is 22.7 Å². The number of rotatable bonds is 5. The van der Waals surface area contributed by atoms with Gasteiger partial charge in [-0.25, -0.2) is 9.78 Å². The Labute approximate surface area is 188 Å². The van der Waals surface area contributed by atoms with Gasteiger partial charge in [-0.15, -0.1) is 11.3 Å². The quantitative estimate of drug-likeness (QED) is 0.544. The molecule has 1 aliphatic rings. The molecule has 9 nitrogen and oxygen atoms in total. The van der Waals surface area contributed by atoms with E-state index in [-0.39, 0.29) is 24.4 Å². The van der Waals surface area contributed by atoms with Crippen molar-refractivity contribution >= 4 is 40.2 Å². The Bertz CT molecular complexity index is 1160. The number of hydrogen-bond donors (Lipinski definition) is 0. The molecule has 0 N–H and O–H groups in total. The highest BCUT2D eigenvalue weighted by molar-refractivity contribution is 7.13. The molecule has 0 unspecified atom stereocenters. The summed E-state index contributed by atoms with van der Waals surface area (Å²) in [6, 6.07) is 5.54. The van der Waals surface area contributed by atoms with E-state index in [1.165, 1.54) is 18.4 Å². The van der Waals surface area contributed by atoms with Crippen LogP contribution in [0.4, 0.5) is 0 Å². The minimum Gasteiger partial charge on any atom is -0.469 e. The molecule has 0 aliphatic carbocycles. The van der Waals surface area contributed by atoms with Gasteiger partial charge in [0.15, 0.2) is 12.3 Å². The molecule has 1 fully saturated rings. The van der Waals surface area contributed by atoms with Crippen LogP contribution in [0.2, 0.25) is 0 Å². The van der Waals surface area contributed by atoms with Crippen LogP contribution in [0.1, 0.15) is 28.9 Å². The lowest BCUT2D eigenvalue weighted by Gasteiger charge is -2.30. The number of nitrogens with zero attached hydrogens (tertiary/aromatic N) is 4. The minimum absolute atomic E-state index is 0.194. The molecule has 4 rings (SSSR count). The number of fused-ring (bicyclic) bond motifs is 1. The van der Waals surface area contributed by atoms with Gasteiger partial charge in [0.2, 0.25) is 0 Å². The fourth-order valence-corrected chi connectivity index (χ4v) is 4.67. The molecule has 0 aromatic carbocycles. The third-order valence-corrected chi connectivity index (χ3v) is 6.56. The molecule has 10 heteroatoms. The summed E-state index contributed by atoms with van der Waals surface area (Å²) in [5.41, 5.74) is 2.23. The summed E-state index contributed by atoms with van der Waals surface area (Å²) < 4.78 is 11.8. The van der Waals surface area contributed by atoms with Gasteiger partial charge < -0.3 is 14.4 Å². The van der Waals surface area contributed by atoms with E-state index in [9.17, 15) is 14.4 Å². The summed E-state index contributed by atoms with van der Waals surface area (Å²) in [5, 5.41) is 6.94. The molecular weight excluding hydrogens is 432 g/mol. The number of hydrogen-bond acceptors (Lipinski definition) is 8. The molecule has 32 heavy (non-hydrogen) atoms. The van der Waals surface area contributed by atoms with E-state index < -0.39 is 5.97 Å². The SMILES string of the molecule is COC(=O)C1CCN(C(=O)COC(=O)c2cc(-c3cccs3)nc3c2c(C)nn3C)CC1. The number of ether oxygens (including phenoxy) is 2. The van der Waals surface area contributed by atoms with Crippen LogP contribution >= 0.6 is 11.3 Å². The number of piperidine rings is 1. The van der Waals surface area contributed by atoms with Crippen LogP contribution in [0.5, 0.6) is 0 Å². The number of aromatic nitrogens is 3. The van der Waals surface area contributed by atoms with Gasteiger partial charge in [-0.2, -0.15) is 5.10 Å². The Balaban J connectivity index is 1.49. The lowest BCUT2D eigenvalue weighted by Crippen LogP contribution is -2.42. The number of thiophene rings is 1.